The molecule has 2 amide bonds. The molecule has 0 bridgehead atoms. The summed E-state index contributed by atoms with van der Waals surface area (Å²) < 4.78 is 39.0. The van der Waals surface area contributed by atoms with Crippen molar-refractivity contribution in [3.05, 3.63) is 24.0 Å². The number of aromatic nitrogens is 1. The summed E-state index contributed by atoms with van der Waals surface area (Å²) in [6, 6.07) is 1.74. The zero-order valence-electron chi connectivity index (χ0n) is 37.0. The van der Waals surface area contributed by atoms with E-state index in [1.807, 2.05) is 0 Å². The second kappa shape index (κ2) is 18.7. The van der Waals surface area contributed by atoms with Crippen molar-refractivity contribution in [3.63, 3.8) is 0 Å². The maximum Gasteiger partial charge on any atom is 0.424 e. The van der Waals surface area contributed by atoms with Gasteiger partial charge in [-0.25, -0.2) is 9.59 Å². The summed E-state index contributed by atoms with van der Waals surface area (Å²) in [5.41, 5.74) is 0.458. The predicted molar refractivity (Wildman–Crippen MR) is 220 cm³/mol. The topological polar surface area (TPSA) is 123 Å². The summed E-state index contributed by atoms with van der Waals surface area (Å²) in [6.45, 7) is 37.3. The summed E-state index contributed by atoms with van der Waals surface area (Å²) in [5.74, 6) is -0.432. The molecule has 0 radical (unpaired) electrons. The largest absolute Gasteiger partial charge is 0.469 e. The van der Waals surface area contributed by atoms with Gasteiger partial charge in [-0.15, -0.1) is 0 Å². The lowest BCUT2D eigenvalue weighted by molar-refractivity contribution is -0.175. The molecule has 1 aliphatic heterocycles. The zero-order chi connectivity index (χ0) is 41.7. The molecule has 1 aromatic heterocycles. The van der Waals surface area contributed by atoms with E-state index in [0.29, 0.717) is 12.0 Å². The highest BCUT2D eigenvalue weighted by Gasteiger charge is 2.55. The van der Waals surface area contributed by atoms with Gasteiger partial charge in [0.05, 0.1) is 49.8 Å². The number of anilines is 1. The number of carbonyl (C=O) groups is 3. The van der Waals surface area contributed by atoms with Gasteiger partial charge >= 0.3 is 18.2 Å². The molecule has 0 spiro atoms. The first-order valence-corrected chi connectivity index (χ1v) is 24.2. The molecule has 310 valence electrons. The van der Waals surface area contributed by atoms with E-state index >= 15 is 0 Å². The number of imide groups is 1. The van der Waals surface area contributed by atoms with Crippen molar-refractivity contribution in [2.45, 2.75) is 206 Å². The highest BCUT2D eigenvalue weighted by Crippen LogP contribution is 2.50. The summed E-state index contributed by atoms with van der Waals surface area (Å²) in [5, 5.41) is 0. The summed E-state index contributed by atoms with van der Waals surface area (Å²) in [4.78, 5) is 46.3. The van der Waals surface area contributed by atoms with Crippen molar-refractivity contribution in [1.29, 1.82) is 0 Å². The first-order valence-electron chi connectivity index (χ1n) is 19.9. The van der Waals surface area contributed by atoms with Crippen LogP contribution in [-0.4, -0.2) is 76.4 Å². The minimum Gasteiger partial charge on any atom is -0.469 e. The number of nitrogens with zero attached hydrogens (tertiary/aromatic N) is 2. The molecule has 1 aliphatic rings. The molecule has 1 fully saturated rings. The van der Waals surface area contributed by atoms with Gasteiger partial charge in [0.2, 0.25) is 16.6 Å². The van der Waals surface area contributed by atoms with E-state index in [-0.39, 0.29) is 45.4 Å². The van der Waals surface area contributed by atoms with E-state index in [9.17, 15) is 14.4 Å². The molecule has 4 atom stereocenters. The van der Waals surface area contributed by atoms with Crippen LogP contribution < -0.4 is 4.90 Å². The van der Waals surface area contributed by atoms with Crippen molar-refractivity contribution in [3.8, 4) is 0 Å². The third kappa shape index (κ3) is 11.2. The smallest absolute Gasteiger partial charge is 0.424 e. The molecule has 0 saturated carbocycles. The molecule has 0 aliphatic carbocycles. The van der Waals surface area contributed by atoms with Crippen LogP contribution in [0.25, 0.3) is 0 Å². The number of ether oxygens (including phenoxy) is 4. The third-order valence-electron chi connectivity index (χ3n) is 10.8. The molecular weight excluding hydrogens is 721 g/mol. The van der Waals surface area contributed by atoms with Crippen molar-refractivity contribution in [2.24, 2.45) is 0 Å². The Hall–Kier alpha value is -2.33. The maximum absolute atomic E-state index is 13.9. The van der Waals surface area contributed by atoms with Gasteiger partial charge in [-0.05, 0) is 80.9 Å². The minimum absolute atomic E-state index is 0.0713. The van der Waals surface area contributed by atoms with Crippen molar-refractivity contribution < 1.29 is 42.2 Å². The van der Waals surface area contributed by atoms with Crippen LogP contribution in [0.5, 0.6) is 0 Å². The second-order valence-electron chi connectivity index (χ2n) is 18.8. The predicted octanol–water partition coefficient (Wildman–Crippen LogP) is 11.3. The molecule has 1 saturated heterocycles. The number of pyridine rings is 1. The van der Waals surface area contributed by atoms with Crippen molar-refractivity contribution >= 4 is 40.5 Å². The molecule has 0 aromatic carbocycles. The lowest BCUT2D eigenvalue weighted by Gasteiger charge is -2.53. The van der Waals surface area contributed by atoms with E-state index in [2.05, 4.69) is 88.1 Å². The monoisotopic (exact) mass is 794 g/mol. The fraction of sp³-hybridized carbons (Fsp3) is 0.805. The Bertz CT molecular complexity index is 1330. The molecular formula is C41H74N2O9Si2. The Balaban J connectivity index is 2.99. The van der Waals surface area contributed by atoms with E-state index < -0.39 is 70.4 Å². The van der Waals surface area contributed by atoms with Crippen LogP contribution in [0.1, 0.15) is 149 Å². The Labute approximate surface area is 329 Å². The number of hydrogen-bond donors (Lipinski definition) is 0. The number of carbonyl (C=O) groups excluding carboxylic acids is 3. The van der Waals surface area contributed by atoms with E-state index in [1.54, 1.807) is 53.8 Å². The Morgan fingerprint density at radius 1 is 0.759 bits per heavy atom. The fourth-order valence-electron chi connectivity index (χ4n) is 8.86. The molecule has 2 heterocycles. The lowest BCUT2D eigenvalue weighted by Crippen LogP contribution is -2.61. The van der Waals surface area contributed by atoms with Crippen LogP contribution in [0.2, 0.25) is 33.2 Å². The average Bonchev–Trinajstić information content (AvgIpc) is 3.00. The fourth-order valence-corrected chi connectivity index (χ4v) is 20.0. The van der Waals surface area contributed by atoms with Crippen LogP contribution in [0.4, 0.5) is 15.3 Å². The zero-order valence-corrected chi connectivity index (χ0v) is 39.0. The van der Waals surface area contributed by atoms with Crippen LogP contribution in [0.15, 0.2) is 18.5 Å². The quantitative estimate of drug-likeness (QED) is 0.102. The van der Waals surface area contributed by atoms with E-state index in [0.717, 1.165) is 4.90 Å². The molecule has 54 heavy (non-hydrogen) atoms. The summed E-state index contributed by atoms with van der Waals surface area (Å²) in [7, 11) is -3.74. The van der Waals surface area contributed by atoms with E-state index in [1.165, 1.54) is 13.3 Å². The maximum atomic E-state index is 13.9. The van der Waals surface area contributed by atoms with Gasteiger partial charge in [0, 0.05) is 18.2 Å². The normalized spacial score (nSPS) is 20.3. The highest BCUT2D eigenvalue weighted by molar-refractivity contribution is 6.78. The van der Waals surface area contributed by atoms with Gasteiger partial charge < -0.3 is 27.8 Å². The molecule has 1 aromatic rings. The van der Waals surface area contributed by atoms with Crippen molar-refractivity contribution in [2.75, 3.05) is 12.0 Å². The second-order valence-corrected chi connectivity index (χ2v) is 29.6. The number of methoxy groups -OCH3 is 1. The molecule has 0 N–H and O–H groups in total. The number of hydrogen-bond acceptors (Lipinski definition) is 10. The average molecular weight is 795 g/mol. The minimum atomic E-state index is -2.56. The first-order chi connectivity index (χ1) is 24.7. The number of amides is 2. The summed E-state index contributed by atoms with van der Waals surface area (Å²) in [6.07, 6.45) is -1.07. The van der Waals surface area contributed by atoms with Gasteiger partial charge in [-0.2, -0.15) is 4.90 Å². The van der Waals surface area contributed by atoms with Crippen molar-refractivity contribution in [1.82, 2.24) is 4.98 Å². The van der Waals surface area contributed by atoms with E-state index in [4.69, 9.17) is 27.8 Å². The third-order valence-corrected chi connectivity index (χ3v) is 23.0. The molecule has 13 heteroatoms. The Morgan fingerprint density at radius 2 is 1.19 bits per heavy atom. The van der Waals surface area contributed by atoms with Crippen LogP contribution >= 0.6 is 0 Å². The van der Waals surface area contributed by atoms with Gasteiger partial charge in [-0.3, -0.25) is 9.78 Å². The Morgan fingerprint density at radius 3 is 1.57 bits per heavy atom. The summed E-state index contributed by atoms with van der Waals surface area (Å²) >= 11 is 0. The highest BCUT2D eigenvalue weighted by atomic mass is 28.4. The lowest BCUT2D eigenvalue weighted by atomic mass is 9.92. The molecule has 11 nitrogen and oxygen atoms in total. The standard InChI is InChI=1S/C41H74N2O9Si2/c1-25(2)53(26(3)4,27(5)6)51-35-22-33(48-34(23-36(44)47-19)37(35)52-54(28(7)8,29(9)10)30(11)12)31-20-21-42-24-32(31)43(38(45)49-40(13,14)15)39(46)50-41(16,17)18/h20-21,24-30,33-35,37H,22-23H2,1-19H3/t33-,34-,35-,37-/m1/s1. The van der Waals surface area contributed by atoms with Gasteiger partial charge in [0.25, 0.3) is 0 Å². The molecule has 2 rings (SSSR count). The van der Waals surface area contributed by atoms with Crippen LogP contribution in [-0.2, 0) is 32.6 Å². The van der Waals surface area contributed by atoms with Gasteiger partial charge in [0.1, 0.15) is 11.2 Å². The van der Waals surface area contributed by atoms with Crippen LogP contribution in [0.3, 0.4) is 0 Å². The molecule has 0 unspecified atom stereocenters. The van der Waals surface area contributed by atoms with Gasteiger partial charge in [0.15, 0.2) is 0 Å². The van der Waals surface area contributed by atoms with Gasteiger partial charge in [-0.1, -0.05) is 83.1 Å². The Kier molecular flexibility index (Phi) is 16.6. The number of rotatable bonds is 14. The SMILES string of the molecule is COC(=O)C[C@H]1O[C@@H](c2ccncc2N(C(=O)OC(C)(C)C)C(=O)OC(C)(C)C)C[C@@H](O[Si](C(C)C)(C(C)C)C(C)C)[C@@H]1O[Si](C(C)C)(C(C)C)C(C)C. The van der Waals surface area contributed by atoms with Crippen LogP contribution in [0, 0.1) is 0 Å². The number of esters is 1. The first kappa shape index (κ1) is 47.8.